The van der Waals surface area contributed by atoms with Crippen LogP contribution in [-0.2, 0) is 17.9 Å². The average Bonchev–Trinajstić information content (AvgIpc) is 3.03. The number of carbonyl (C=O) groups is 2. The predicted molar refractivity (Wildman–Crippen MR) is 131 cm³/mol. The van der Waals surface area contributed by atoms with Crippen molar-refractivity contribution in [1.82, 2.24) is 10.2 Å². The van der Waals surface area contributed by atoms with Gasteiger partial charge in [-0.25, -0.2) is 9.18 Å². The number of amides is 3. The fourth-order valence-electron chi connectivity index (χ4n) is 3.27. The molecule has 0 unspecified atom stereocenters. The molecule has 3 aromatic rings. The minimum Gasteiger partial charge on any atom is -0.486 e. The monoisotopic (exact) mass is 538 g/mol. The number of urea groups is 1. The Labute approximate surface area is 214 Å². The van der Waals surface area contributed by atoms with Crippen molar-refractivity contribution < 1.29 is 18.7 Å². The summed E-state index contributed by atoms with van der Waals surface area (Å²) in [6.45, 7) is -0.0916. The number of nitrogens with one attached hydrogen (secondary N) is 1. The number of benzene rings is 3. The zero-order valence-electron chi connectivity index (χ0n) is 17.2. The van der Waals surface area contributed by atoms with Crippen LogP contribution in [0.25, 0.3) is 6.08 Å². The molecule has 174 valence electrons. The van der Waals surface area contributed by atoms with E-state index in [9.17, 15) is 14.0 Å². The Bertz CT molecular complexity index is 1310. The zero-order valence-corrected chi connectivity index (χ0v) is 20.3. The summed E-state index contributed by atoms with van der Waals surface area (Å²) in [5.41, 5.74) is 1.39. The maximum Gasteiger partial charge on any atom is 0.329 e. The molecule has 1 saturated heterocycles. The number of nitrogens with zero attached hydrogens (tertiary/aromatic N) is 1. The molecule has 0 atom stereocenters. The molecule has 1 aliphatic heterocycles. The van der Waals surface area contributed by atoms with Crippen LogP contribution in [0.2, 0.25) is 20.1 Å². The summed E-state index contributed by atoms with van der Waals surface area (Å²) in [6.07, 6.45) is 1.43. The zero-order chi connectivity index (χ0) is 24.4. The Hall–Kier alpha value is -2.77. The number of carbonyl (C=O) groups excluding carboxylic acids is 2. The van der Waals surface area contributed by atoms with Crippen LogP contribution < -0.4 is 10.1 Å². The first-order valence-electron chi connectivity index (χ1n) is 9.86. The molecule has 4 rings (SSSR count). The molecule has 0 aliphatic carbocycles. The molecule has 1 N–H and O–H groups in total. The van der Waals surface area contributed by atoms with E-state index in [2.05, 4.69) is 5.32 Å². The van der Waals surface area contributed by atoms with E-state index in [1.54, 1.807) is 24.3 Å². The van der Waals surface area contributed by atoms with Crippen LogP contribution in [0.4, 0.5) is 9.18 Å². The third kappa shape index (κ3) is 5.31. The van der Waals surface area contributed by atoms with Crippen molar-refractivity contribution in [2.45, 2.75) is 13.2 Å². The van der Waals surface area contributed by atoms with E-state index in [1.165, 1.54) is 36.4 Å². The number of imide groups is 1. The van der Waals surface area contributed by atoms with Gasteiger partial charge in [-0.15, -0.1) is 0 Å². The van der Waals surface area contributed by atoms with Gasteiger partial charge >= 0.3 is 6.03 Å². The number of rotatable bonds is 6. The standard InChI is InChI=1S/C24H15Cl4FN2O3/c25-16-6-5-15(17(26)10-16)12-34-22-18(27)7-13(8-19(22)28)9-21-23(32)31(24(33)30-21)11-14-3-1-2-4-20(14)29/h1-10H,11-12H2,(H,30,33)/b21-9+. The van der Waals surface area contributed by atoms with Crippen molar-refractivity contribution in [3.63, 3.8) is 0 Å². The van der Waals surface area contributed by atoms with E-state index in [0.29, 0.717) is 21.2 Å². The van der Waals surface area contributed by atoms with Gasteiger partial charge < -0.3 is 10.1 Å². The first-order valence-corrected chi connectivity index (χ1v) is 11.4. The van der Waals surface area contributed by atoms with Crippen LogP contribution in [0.3, 0.4) is 0 Å². The van der Waals surface area contributed by atoms with Gasteiger partial charge in [0.05, 0.1) is 16.6 Å². The third-order valence-corrected chi connectivity index (χ3v) is 6.12. The Morgan fingerprint density at radius 2 is 1.62 bits per heavy atom. The molecular formula is C24H15Cl4FN2O3. The summed E-state index contributed by atoms with van der Waals surface area (Å²) in [5.74, 6) is -0.868. The highest BCUT2D eigenvalue weighted by molar-refractivity contribution is 6.37. The Kier molecular flexibility index (Phi) is 7.33. The van der Waals surface area contributed by atoms with Gasteiger partial charge in [-0.3, -0.25) is 9.69 Å². The maximum atomic E-state index is 13.9. The molecule has 1 heterocycles. The van der Waals surface area contributed by atoms with Crippen molar-refractivity contribution in [2.75, 3.05) is 0 Å². The van der Waals surface area contributed by atoms with Crippen molar-refractivity contribution >= 4 is 64.4 Å². The van der Waals surface area contributed by atoms with Gasteiger partial charge in [-0.2, -0.15) is 0 Å². The number of halogens is 5. The third-order valence-electron chi connectivity index (χ3n) is 4.97. The lowest BCUT2D eigenvalue weighted by atomic mass is 10.1. The van der Waals surface area contributed by atoms with E-state index in [1.807, 2.05) is 0 Å². The van der Waals surface area contributed by atoms with E-state index in [-0.39, 0.29) is 40.2 Å². The molecule has 10 heteroatoms. The topological polar surface area (TPSA) is 58.6 Å². The van der Waals surface area contributed by atoms with Crippen molar-refractivity contribution in [3.05, 3.63) is 103 Å². The lowest BCUT2D eigenvalue weighted by molar-refractivity contribution is -0.123. The maximum absolute atomic E-state index is 13.9. The molecule has 3 amide bonds. The van der Waals surface area contributed by atoms with Crippen LogP contribution >= 0.6 is 46.4 Å². The minimum atomic E-state index is -0.656. The lowest BCUT2D eigenvalue weighted by Gasteiger charge is -2.12. The molecule has 0 radical (unpaired) electrons. The van der Waals surface area contributed by atoms with Crippen LogP contribution in [-0.4, -0.2) is 16.8 Å². The molecule has 0 bridgehead atoms. The molecule has 1 fully saturated rings. The molecule has 5 nitrogen and oxygen atoms in total. The number of hydrogen-bond acceptors (Lipinski definition) is 3. The second-order valence-corrected chi connectivity index (χ2v) is 8.97. The summed E-state index contributed by atoms with van der Waals surface area (Å²) in [7, 11) is 0. The Morgan fingerprint density at radius 3 is 2.29 bits per heavy atom. The summed E-state index contributed by atoms with van der Waals surface area (Å²) in [5, 5.41) is 3.83. The summed E-state index contributed by atoms with van der Waals surface area (Å²) in [6, 6.07) is 13.4. The van der Waals surface area contributed by atoms with Crippen LogP contribution in [0, 0.1) is 5.82 Å². The van der Waals surface area contributed by atoms with Crippen LogP contribution in [0.1, 0.15) is 16.7 Å². The van der Waals surface area contributed by atoms with Gasteiger partial charge in [0.15, 0.2) is 5.75 Å². The molecule has 3 aromatic carbocycles. The molecule has 0 aromatic heterocycles. The highest BCUT2D eigenvalue weighted by Crippen LogP contribution is 2.36. The van der Waals surface area contributed by atoms with Crippen molar-refractivity contribution in [2.24, 2.45) is 0 Å². The second kappa shape index (κ2) is 10.2. The quantitative estimate of drug-likeness (QED) is 0.268. The first kappa shape index (κ1) is 24.4. The average molecular weight is 540 g/mol. The predicted octanol–water partition coefficient (Wildman–Crippen LogP) is 7.11. The number of hydrogen-bond donors (Lipinski definition) is 1. The Morgan fingerprint density at radius 1 is 0.912 bits per heavy atom. The van der Waals surface area contributed by atoms with Gasteiger partial charge in [0.2, 0.25) is 0 Å². The van der Waals surface area contributed by atoms with Gasteiger partial charge in [-0.05, 0) is 42.0 Å². The summed E-state index contributed by atoms with van der Waals surface area (Å²) in [4.78, 5) is 25.9. The van der Waals surface area contributed by atoms with Crippen LogP contribution in [0.5, 0.6) is 5.75 Å². The van der Waals surface area contributed by atoms with E-state index in [4.69, 9.17) is 51.1 Å². The molecular weight excluding hydrogens is 525 g/mol. The summed E-state index contributed by atoms with van der Waals surface area (Å²) < 4.78 is 19.7. The molecule has 0 saturated carbocycles. The summed E-state index contributed by atoms with van der Waals surface area (Å²) >= 11 is 24.8. The number of ether oxygens (including phenoxy) is 1. The lowest BCUT2D eigenvalue weighted by Crippen LogP contribution is -2.30. The minimum absolute atomic E-state index is 0.00934. The smallest absolute Gasteiger partial charge is 0.329 e. The highest BCUT2D eigenvalue weighted by atomic mass is 35.5. The van der Waals surface area contributed by atoms with Gasteiger partial charge in [0, 0.05) is 21.2 Å². The van der Waals surface area contributed by atoms with Gasteiger partial charge in [0.1, 0.15) is 18.1 Å². The Balaban J connectivity index is 1.51. The first-order chi connectivity index (χ1) is 16.2. The van der Waals surface area contributed by atoms with Crippen LogP contribution in [0.15, 0.2) is 60.3 Å². The van der Waals surface area contributed by atoms with Crippen molar-refractivity contribution in [3.8, 4) is 5.75 Å². The fraction of sp³-hybridized carbons (Fsp3) is 0.0833. The van der Waals surface area contributed by atoms with E-state index < -0.39 is 17.8 Å². The van der Waals surface area contributed by atoms with Gasteiger partial charge in [0.25, 0.3) is 5.91 Å². The normalized spacial score (nSPS) is 14.6. The van der Waals surface area contributed by atoms with E-state index >= 15 is 0 Å². The largest absolute Gasteiger partial charge is 0.486 e. The van der Waals surface area contributed by atoms with Gasteiger partial charge in [-0.1, -0.05) is 70.7 Å². The molecule has 0 spiro atoms. The SMILES string of the molecule is O=C1N/C(=C/c2cc(Cl)c(OCc3ccc(Cl)cc3Cl)c(Cl)c2)C(=O)N1Cc1ccccc1F. The van der Waals surface area contributed by atoms with Crippen molar-refractivity contribution in [1.29, 1.82) is 0 Å². The highest BCUT2D eigenvalue weighted by Gasteiger charge is 2.34. The second-order valence-electron chi connectivity index (χ2n) is 7.31. The molecule has 34 heavy (non-hydrogen) atoms. The molecule has 1 aliphatic rings. The van der Waals surface area contributed by atoms with E-state index in [0.717, 1.165) is 4.90 Å². The fourth-order valence-corrected chi connectivity index (χ4v) is 4.34.